The van der Waals surface area contributed by atoms with E-state index in [1.54, 1.807) is 0 Å². The van der Waals surface area contributed by atoms with E-state index in [4.69, 9.17) is 4.98 Å². The maximum absolute atomic E-state index is 4.86. The van der Waals surface area contributed by atoms with Crippen molar-refractivity contribution in [3.05, 3.63) is 29.6 Å². The molecule has 1 unspecified atom stereocenters. The summed E-state index contributed by atoms with van der Waals surface area (Å²) in [5, 5.41) is 3.47. The summed E-state index contributed by atoms with van der Waals surface area (Å²) in [5.74, 6) is 1.81. The molecule has 90 valence electrons. The first kappa shape index (κ1) is 10.8. The Balaban J connectivity index is 2.10. The first-order valence-corrected chi connectivity index (χ1v) is 6.40. The molecular formula is C14H19N3. The number of imidazole rings is 1. The lowest BCUT2D eigenvalue weighted by Gasteiger charge is -2.22. The van der Waals surface area contributed by atoms with Crippen LogP contribution in [-0.4, -0.2) is 22.6 Å². The van der Waals surface area contributed by atoms with Gasteiger partial charge in [0.05, 0.1) is 11.0 Å². The van der Waals surface area contributed by atoms with Crippen LogP contribution in [0.3, 0.4) is 0 Å². The maximum atomic E-state index is 4.86. The van der Waals surface area contributed by atoms with Crippen LogP contribution in [0.1, 0.15) is 30.1 Å². The summed E-state index contributed by atoms with van der Waals surface area (Å²) >= 11 is 0. The molecule has 2 aromatic rings. The van der Waals surface area contributed by atoms with Crippen molar-refractivity contribution >= 4 is 11.0 Å². The third-order valence-electron chi connectivity index (χ3n) is 3.81. The molecule has 1 fully saturated rings. The van der Waals surface area contributed by atoms with Gasteiger partial charge in [0.15, 0.2) is 0 Å². The highest BCUT2D eigenvalue weighted by atomic mass is 15.1. The van der Waals surface area contributed by atoms with Gasteiger partial charge < -0.3 is 9.88 Å². The van der Waals surface area contributed by atoms with Crippen LogP contribution in [0.25, 0.3) is 11.0 Å². The van der Waals surface area contributed by atoms with Gasteiger partial charge in [0.2, 0.25) is 0 Å². The van der Waals surface area contributed by atoms with Crippen molar-refractivity contribution in [3.63, 3.8) is 0 Å². The third-order valence-corrected chi connectivity index (χ3v) is 3.81. The second-order valence-electron chi connectivity index (χ2n) is 5.01. The van der Waals surface area contributed by atoms with E-state index in [0.717, 1.165) is 18.6 Å². The van der Waals surface area contributed by atoms with E-state index in [9.17, 15) is 0 Å². The van der Waals surface area contributed by atoms with Gasteiger partial charge in [-0.1, -0.05) is 12.1 Å². The molecule has 1 aromatic carbocycles. The molecule has 2 heterocycles. The van der Waals surface area contributed by atoms with Crippen LogP contribution in [0.15, 0.2) is 18.2 Å². The molecule has 0 aliphatic carbocycles. The Morgan fingerprint density at radius 2 is 2.29 bits per heavy atom. The maximum Gasteiger partial charge on any atom is 0.114 e. The van der Waals surface area contributed by atoms with Gasteiger partial charge in [-0.05, 0) is 37.9 Å². The molecule has 0 radical (unpaired) electrons. The van der Waals surface area contributed by atoms with E-state index < -0.39 is 0 Å². The van der Waals surface area contributed by atoms with Gasteiger partial charge in [-0.25, -0.2) is 4.98 Å². The summed E-state index contributed by atoms with van der Waals surface area (Å²) in [4.78, 5) is 4.86. The van der Waals surface area contributed by atoms with Gasteiger partial charge in [0.1, 0.15) is 5.82 Å². The number of nitrogens with one attached hydrogen (secondary N) is 1. The molecule has 1 saturated heterocycles. The molecular weight excluding hydrogens is 210 g/mol. The molecule has 1 aliphatic heterocycles. The molecule has 1 aliphatic rings. The molecule has 1 N–H and O–H groups in total. The first-order chi connectivity index (χ1) is 8.27. The molecule has 0 amide bonds. The SMILES string of the molecule is Cc1cccc2c1nc(C1CCCNC1)n2C. The lowest BCUT2D eigenvalue weighted by atomic mass is 9.99. The molecule has 1 atom stereocenters. The molecule has 3 heteroatoms. The zero-order valence-electron chi connectivity index (χ0n) is 10.5. The third kappa shape index (κ3) is 1.75. The number of nitrogens with zero attached hydrogens (tertiary/aromatic N) is 2. The van der Waals surface area contributed by atoms with Crippen LogP contribution in [0, 0.1) is 6.92 Å². The van der Waals surface area contributed by atoms with Gasteiger partial charge in [0, 0.05) is 19.5 Å². The Kier molecular flexibility index (Phi) is 2.63. The zero-order valence-corrected chi connectivity index (χ0v) is 10.5. The van der Waals surface area contributed by atoms with Crippen LogP contribution < -0.4 is 5.32 Å². The van der Waals surface area contributed by atoms with E-state index in [1.807, 2.05) is 0 Å². The van der Waals surface area contributed by atoms with Crippen LogP contribution in [0.2, 0.25) is 0 Å². The minimum absolute atomic E-state index is 0.570. The van der Waals surface area contributed by atoms with Crippen LogP contribution >= 0.6 is 0 Å². The highest BCUT2D eigenvalue weighted by Gasteiger charge is 2.21. The van der Waals surface area contributed by atoms with Crippen molar-refractivity contribution in [1.29, 1.82) is 0 Å². The topological polar surface area (TPSA) is 29.9 Å². The summed E-state index contributed by atoms with van der Waals surface area (Å²) in [6, 6.07) is 6.41. The molecule has 1 aromatic heterocycles. The Hall–Kier alpha value is -1.35. The Labute approximate surface area is 102 Å². The monoisotopic (exact) mass is 229 g/mol. The normalized spacial score (nSPS) is 20.9. The van der Waals surface area contributed by atoms with Gasteiger partial charge in [-0.2, -0.15) is 0 Å². The molecule has 0 bridgehead atoms. The minimum atomic E-state index is 0.570. The lowest BCUT2D eigenvalue weighted by Crippen LogP contribution is -2.29. The number of hydrogen-bond acceptors (Lipinski definition) is 2. The van der Waals surface area contributed by atoms with Crippen molar-refractivity contribution in [3.8, 4) is 0 Å². The number of benzene rings is 1. The van der Waals surface area contributed by atoms with E-state index in [-0.39, 0.29) is 0 Å². The number of rotatable bonds is 1. The van der Waals surface area contributed by atoms with Crippen molar-refractivity contribution < 1.29 is 0 Å². The van der Waals surface area contributed by atoms with E-state index >= 15 is 0 Å². The number of aryl methyl sites for hydroxylation is 2. The number of fused-ring (bicyclic) bond motifs is 1. The molecule has 17 heavy (non-hydrogen) atoms. The first-order valence-electron chi connectivity index (χ1n) is 6.40. The van der Waals surface area contributed by atoms with Crippen LogP contribution in [-0.2, 0) is 7.05 Å². The molecule has 0 saturated carbocycles. The molecule has 0 spiro atoms. The fraction of sp³-hybridized carbons (Fsp3) is 0.500. The summed E-state index contributed by atoms with van der Waals surface area (Å²) in [6.45, 7) is 4.36. The van der Waals surface area contributed by atoms with Gasteiger partial charge in [-0.3, -0.25) is 0 Å². The van der Waals surface area contributed by atoms with Gasteiger partial charge >= 0.3 is 0 Å². The Morgan fingerprint density at radius 1 is 1.41 bits per heavy atom. The highest BCUT2D eigenvalue weighted by molar-refractivity contribution is 5.79. The number of para-hydroxylation sites is 1. The fourth-order valence-corrected chi connectivity index (χ4v) is 2.81. The van der Waals surface area contributed by atoms with E-state index in [0.29, 0.717) is 5.92 Å². The zero-order chi connectivity index (χ0) is 11.8. The number of aromatic nitrogens is 2. The van der Waals surface area contributed by atoms with Crippen molar-refractivity contribution in [2.75, 3.05) is 13.1 Å². The second kappa shape index (κ2) is 4.15. The van der Waals surface area contributed by atoms with Crippen LogP contribution in [0.4, 0.5) is 0 Å². The largest absolute Gasteiger partial charge is 0.331 e. The van der Waals surface area contributed by atoms with Gasteiger partial charge in [0.25, 0.3) is 0 Å². The quantitative estimate of drug-likeness (QED) is 0.813. The van der Waals surface area contributed by atoms with E-state index in [1.165, 1.54) is 29.7 Å². The Bertz CT molecular complexity index is 536. The molecule has 3 rings (SSSR count). The van der Waals surface area contributed by atoms with Gasteiger partial charge in [-0.15, -0.1) is 0 Å². The summed E-state index contributed by atoms with van der Waals surface area (Å²) in [7, 11) is 2.14. The number of piperidine rings is 1. The average Bonchev–Trinajstić information content (AvgIpc) is 2.70. The smallest absolute Gasteiger partial charge is 0.114 e. The standard InChI is InChI=1S/C14H19N3/c1-10-5-3-7-12-13(10)16-14(17(12)2)11-6-4-8-15-9-11/h3,5,7,11,15H,4,6,8-9H2,1-2H3. The lowest BCUT2D eigenvalue weighted by molar-refractivity contribution is 0.440. The highest BCUT2D eigenvalue weighted by Crippen LogP contribution is 2.26. The Morgan fingerprint density at radius 3 is 3.00 bits per heavy atom. The van der Waals surface area contributed by atoms with Crippen molar-refractivity contribution in [2.24, 2.45) is 7.05 Å². The summed E-state index contributed by atoms with van der Waals surface area (Å²) < 4.78 is 2.26. The van der Waals surface area contributed by atoms with Crippen molar-refractivity contribution in [1.82, 2.24) is 14.9 Å². The van der Waals surface area contributed by atoms with E-state index in [2.05, 4.69) is 42.1 Å². The predicted molar refractivity (Wildman–Crippen MR) is 70.3 cm³/mol. The average molecular weight is 229 g/mol. The minimum Gasteiger partial charge on any atom is -0.331 e. The summed E-state index contributed by atoms with van der Waals surface area (Å²) in [6.07, 6.45) is 2.51. The predicted octanol–water partition coefficient (Wildman–Crippen LogP) is 2.35. The molecule has 3 nitrogen and oxygen atoms in total. The fourth-order valence-electron chi connectivity index (χ4n) is 2.81. The second-order valence-corrected chi connectivity index (χ2v) is 5.01. The summed E-state index contributed by atoms with van der Waals surface area (Å²) in [5.41, 5.74) is 3.69. The van der Waals surface area contributed by atoms with Crippen molar-refractivity contribution in [2.45, 2.75) is 25.7 Å². The number of hydrogen-bond donors (Lipinski definition) is 1. The van der Waals surface area contributed by atoms with Crippen LogP contribution in [0.5, 0.6) is 0 Å².